The molecule has 0 aliphatic heterocycles. The van der Waals surface area contributed by atoms with Gasteiger partial charge in [0.1, 0.15) is 5.65 Å². The van der Waals surface area contributed by atoms with Gasteiger partial charge >= 0.3 is 0 Å². The molecule has 0 saturated carbocycles. The minimum absolute atomic E-state index is 0.0751. The molecule has 0 aliphatic carbocycles. The molecule has 7 nitrogen and oxygen atoms in total. The maximum Gasteiger partial charge on any atom is 0.261 e. The summed E-state index contributed by atoms with van der Waals surface area (Å²) in [6.45, 7) is 0.447. The van der Waals surface area contributed by atoms with E-state index >= 15 is 0 Å². The molecule has 0 atom stereocenters. The van der Waals surface area contributed by atoms with Gasteiger partial charge in [0.15, 0.2) is 0 Å². The molecule has 4 rings (SSSR count). The van der Waals surface area contributed by atoms with Crippen LogP contribution in [0.15, 0.2) is 65.1 Å². The first-order chi connectivity index (χ1) is 14.4. The Morgan fingerprint density at radius 3 is 2.67 bits per heavy atom. The number of rotatable bonds is 7. The number of benzene rings is 1. The van der Waals surface area contributed by atoms with E-state index in [-0.39, 0.29) is 10.8 Å². The molecular formula is C21H20N4O3S2. The monoisotopic (exact) mass is 440 g/mol. The molecule has 1 aromatic carbocycles. The van der Waals surface area contributed by atoms with Crippen LogP contribution in [0.25, 0.3) is 11.0 Å². The van der Waals surface area contributed by atoms with E-state index in [2.05, 4.69) is 15.3 Å². The number of amides is 1. The Hall–Kier alpha value is -3.01. The number of aromatic amines is 1. The second kappa shape index (κ2) is 8.39. The molecule has 0 radical (unpaired) electrons. The van der Waals surface area contributed by atoms with Crippen LogP contribution in [0.2, 0.25) is 0 Å². The Morgan fingerprint density at radius 1 is 1.10 bits per heavy atom. The maximum absolute atomic E-state index is 12.7. The van der Waals surface area contributed by atoms with Crippen LogP contribution in [0.4, 0.5) is 0 Å². The van der Waals surface area contributed by atoms with Crippen LogP contribution in [-0.2, 0) is 22.9 Å². The molecule has 9 heteroatoms. The predicted octanol–water partition coefficient (Wildman–Crippen LogP) is 2.84. The molecule has 4 N–H and O–H groups in total. The van der Waals surface area contributed by atoms with Crippen molar-refractivity contribution in [2.75, 3.05) is 6.54 Å². The third-order valence-electron chi connectivity index (χ3n) is 4.84. The van der Waals surface area contributed by atoms with E-state index in [1.165, 1.54) is 23.5 Å². The van der Waals surface area contributed by atoms with E-state index in [1.807, 2.05) is 29.8 Å². The number of carbonyl (C=O) groups is 1. The number of nitrogens with two attached hydrogens (primary N) is 1. The molecule has 0 spiro atoms. The SMILES string of the molecule is NS(=O)(=O)c1ccc(CCNC(=O)c2sccc2Cc2ccnc3[nH]ccc23)cc1. The zero-order chi connectivity index (χ0) is 21.1. The molecule has 0 fully saturated rings. The number of primary sulfonamides is 1. The number of hydrogen-bond donors (Lipinski definition) is 3. The highest BCUT2D eigenvalue weighted by atomic mass is 32.2. The van der Waals surface area contributed by atoms with Gasteiger partial charge in [0.2, 0.25) is 10.0 Å². The van der Waals surface area contributed by atoms with Crippen LogP contribution in [0.1, 0.15) is 26.4 Å². The quantitative estimate of drug-likeness (QED) is 0.409. The molecule has 0 aliphatic rings. The molecule has 1 amide bonds. The third kappa shape index (κ3) is 4.43. The summed E-state index contributed by atoms with van der Waals surface area (Å²) in [6.07, 6.45) is 4.86. The lowest BCUT2D eigenvalue weighted by Crippen LogP contribution is -2.25. The largest absolute Gasteiger partial charge is 0.351 e. The van der Waals surface area contributed by atoms with Crippen molar-refractivity contribution in [2.24, 2.45) is 5.14 Å². The Balaban J connectivity index is 1.39. The lowest BCUT2D eigenvalue weighted by Gasteiger charge is -2.08. The number of fused-ring (bicyclic) bond motifs is 1. The number of sulfonamides is 1. The van der Waals surface area contributed by atoms with Gasteiger partial charge in [-0.05, 0) is 65.2 Å². The normalized spacial score (nSPS) is 11.6. The second-order valence-electron chi connectivity index (χ2n) is 6.86. The predicted molar refractivity (Wildman–Crippen MR) is 117 cm³/mol. The number of nitrogens with one attached hydrogen (secondary N) is 2. The lowest BCUT2D eigenvalue weighted by molar-refractivity contribution is 0.0957. The van der Waals surface area contributed by atoms with Gasteiger partial charge in [0.25, 0.3) is 5.91 Å². The summed E-state index contributed by atoms with van der Waals surface area (Å²) in [5, 5.41) is 11.0. The fraction of sp³-hybridized carbons (Fsp3) is 0.143. The van der Waals surface area contributed by atoms with Crippen LogP contribution < -0.4 is 10.5 Å². The van der Waals surface area contributed by atoms with Crippen molar-refractivity contribution in [1.82, 2.24) is 15.3 Å². The highest BCUT2D eigenvalue weighted by molar-refractivity contribution is 7.89. The zero-order valence-corrected chi connectivity index (χ0v) is 17.6. The molecular weight excluding hydrogens is 420 g/mol. The molecule has 154 valence electrons. The van der Waals surface area contributed by atoms with Crippen molar-refractivity contribution in [2.45, 2.75) is 17.7 Å². The van der Waals surface area contributed by atoms with Crippen molar-refractivity contribution in [3.8, 4) is 0 Å². The van der Waals surface area contributed by atoms with Crippen molar-refractivity contribution in [1.29, 1.82) is 0 Å². The number of carbonyl (C=O) groups excluding carboxylic acids is 1. The number of aromatic nitrogens is 2. The van der Waals surface area contributed by atoms with Gasteiger partial charge in [-0.2, -0.15) is 0 Å². The molecule has 4 aromatic rings. The summed E-state index contributed by atoms with van der Waals surface area (Å²) >= 11 is 1.42. The minimum Gasteiger partial charge on any atom is -0.351 e. The Morgan fingerprint density at radius 2 is 1.90 bits per heavy atom. The van der Waals surface area contributed by atoms with Gasteiger partial charge in [-0.15, -0.1) is 11.3 Å². The van der Waals surface area contributed by atoms with Gasteiger partial charge in [-0.1, -0.05) is 12.1 Å². The summed E-state index contributed by atoms with van der Waals surface area (Å²) in [7, 11) is -3.70. The summed E-state index contributed by atoms with van der Waals surface area (Å²) in [6, 6.07) is 12.3. The van der Waals surface area contributed by atoms with Gasteiger partial charge in [0.05, 0.1) is 9.77 Å². The van der Waals surface area contributed by atoms with Crippen LogP contribution in [0, 0.1) is 0 Å². The standard InChI is InChI=1S/C21H20N4O3S2/c22-30(27,28)17-3-1-14(2-4-17)5-9-25-21(26)19-16(8-12-29-19)13-15-6-10-23-20-18(15)7-11-24-20/h1-4,6-8,10-12H,5,9,13H2,(H,23,24)(H,25,26)(H2,22,27,28). The van der Waals surface area contributed by atoms with E-state index in [4.69, 9.17) is 5.14 Å². The molecule has 0 bridgehead atoms. The van der Waals surface area contributed by atoms with Crippen LogP contribution in [-0.4, -0.2) is 30.8 Å². The zero-order valence-electron chi connectivity index (χ0n) is 16.0. The van der Waals surface area contributed by atoms with E-state index in [9.17, 15) is 13.2 Å². The summed E-state index contributed by atoms with van der Waals surface area (Å²) in [5.74, 6) is -0.111. The highest BCUT2D eigenvalue weighted by Crippen LogP contribution is 2.24. The fourth-order valence-electron chi connectivity index (χ4n) is 3.30. The number of pyridine rings is 1. The fourth-order valence-corrected chi connectivity index (χ4v) is 4.65. The summed E-state index contributed by atoms with van der Waals surface area (Å²) in [4.78, 5) is 20.9. The minimum atomic E-state index is -3.70. The molecule has 0 unspecified atom stereocenters. The van der Waals surface area contributed by atoms with Crippen molar-refractivity contribution < 1.29 is 13.2 Å². The number of hydrogen-bond acceptors (Lipinski definition) is 5. The van der Waals surface area contributed by atoms with Crippen molar-refractivity contribution >= 4 is 38.3 Å². The van der Waals surface area contributed by atoms with Gasteiger partial charge in [-0.25, -0.2) is 18.5 Å². The third-order valence-corrected chi connectivity index (χ3v) is 6.72. The first-order valence-electron chi connectivity index (χ1n) is 9.29. The highest BCUT2D eigenvalue weighted by Gasteiger charge is 2.15. The van der Waals surface area contributed by atoms with Gasteiger partial charge in [0, 0.05) is 24.3 Å². The summed E-state index contributed by atoms with van der Waals surface area (Å²) < 4.78 is 22.6. The number of H-pyrrole nitrogens is 1. The van der Waals surface area contributed by atoms with E-state index in [0.717, 1.165) is 27.7 Å². The van der Waals surface area contributed by atoms with Crippen molar-refractivity contribution in [3.05, 3.63) is 81.8 Å². The Labute approximate surface area is 178 Å². The van der Waals surface area contributed by atoms with E-state index in [1.54, 1.807) is 18.3 Å². The van der Waals surface area contributed by atoms with E-state index in [0.29, 0.717) is 24.3 Å². The number of nitrogens with zero attached hydrogens (tertiary/aromatic N) is 1. The van der Waals surface area contributed by atoms with Crippen LogP contribution >= 0.6 is 11.3 Å². The molecule has 0 saturated heterocycles. The first-order valence-corrected chi connectivity index (χ1v) is 11.7. The number of thiophene rings is 1. The molecule has 3 aromatic heterocycles. The molecule has 30 heavy (non-hydrogen) atoms. The Kier molecular flexibility index (Phi) is 5.67. The lowest BCUT2D eigenvalue weighted by atomic mass is 10.0. The smallest absolute Gasteiger partial charge is 0.261 e. The Bertz CT molecular complexity index is 1290. The maximum atomic E-state index is 12.7. The molecule has 3 heterocycles. The second-order valence-corrected chi connectivity index (χ2v) is 9.33. The van der Waals surface area contributed by atoms with Crippen LogP contribution in [0.3, 0.4) is 0 Å². The average molecular weight is 441 g/mol. The van der Waals surface area contributed by atoms with E-state index < -0.39 is 10.0 Å². The first kappa shape index (κ1) is 20.3. The average Bonchev–Trinajstić information content (AvgIpc) is 3.37. The topological polar surface area (TPSA) is 118 Å². The summed E-state index contributed by atoms with van der Waals surface area (Å²) in [5.41, 5.74) is 3.84. The van der Waals surface area contributed by atoms with Gasteiger partial charge in [-0.3, -0.25) is 4.79 Å². The van der Waals surface area contributed by atoms with Gasteiger partial charge < -0.3 is 10.3 Å². The van der Waals surface area contributed by atoms with Crippen molar-refractivity contribution in [3.63, 3.8) is 0 Å². The van der Waals surface area contributed by atoms with Crippen LogP contribution in [0.5, 0.6) is 0 Å².